The minimum atomic E-state index is 1.11. The molecule has 0 aromatic rings. The van der Waals surface area contributed by atoms with E-state index in [1.807, 2.05) is 12.2 Å². The van der Waals surface area contributed by atoms with Crippen LogP contribution in [0.4, 0.5) is 0 Å². The quantitative estimate of drug-likeness (QED) is 0.557. The summed E-state index contributed by atoms with van der Waals surface area (Å²) < 4.78 is 0. The van der Waals surface area contributed by atoms with Gasteiger partial charge < -0.3 is 4.90 Å². The lowest BCUT2D eigenvalue weighted by Gasteiger charge is -2.16. The van der Waals surface area contributed by atoms with E-state index >= 15 is 0 Å². The van der Waals surface area contributed by atoms with Gasteiger partial charge in [0, 0.05) is 18.8 Å². The second kappa shape index (κ2) is 4.02. The number of likely N-dealkylation sites (tertiary alicyclic amines) is 1. The first kappa shape index (κ1) is 8.12. The molecule has 1 heterocycles. The maximum atomic E-state index is 3.97. The van der Waals surface area contributed by atoms with Crippen molar-refractivity contribution in [1.29, 1.82) is 0 Å². The molecular weight excluding hydrogens is 134 g/mol. The van der Waals surface area contributed by atoms with E-state index in [-0.39, 0.29) is 0 Å². The third-order valence-electron chi connectivity index (χ3n) is 1.94. The van der Waals surface area contributed by atoms with Gasteiger partial charge in [0.1, 0.15) is 0 Å². The third-order valence-corrected chi connectivity index (χ3v) is 1.94. The van der Waals surface area contributed by atoms with Gasteiger partial charge in [-0.25, -0.2) is 0 Å². The zero-order valence-corrected chi connectivity index (χ0v) is 6.92. The molecule has 1 heteroatoms. The van der Waals surface area contributed by atoms with Gasteiger partial charge in [0.25, 0.3) is 0 Å². The van der Waals surface area contributed by atoms with Gasteiger partial charge in [-0.1, -0.05) is 25.3 Å². The van der Waals surface area contributed by atoms with Gasteiger partial charge in [0.05, 0.1) is 0 Å². The lowest BCUT2D eigenvalue weighted by Crippen LogP contribution is -2.15. The van der Waals surface area contributed by atoms with Crippen molar-refractivity contribution in [2.75, 3.05) is 13.1 Å². The number of hydrogen-bond acceptors (Lipinski definition) is 1. The molecule has 1 aliphatic rings. The highest BCUT2D eigenvalue weighted by Crippen LogP contribution is 2.13. The average molecular weight is 149 g/mol. The summed E-state index contributed by atoms with van der Waals surface area (Å²) >= 11 is 0. The molecule has 1 rings (SSSR count). The van der Waals surface area contributed by atoms with Crippen molar-refractivity contribution in [1.82, 2.24) is 4.90 Å². The van der Waals surface area contributed by atoms with Gasteiger partial charge >= 0.3 is 0 Å². The summed E-state index contributed by atoms with van der Waals surface area (Å²) in [5.41, 5.74) is 1.11. The van der Waals surface area contributed by atoms with Gasteiger partial charge in [-0.2, -0.15) is 0 Å². The first-order chi connectivity index (χ1) is 5.34. The summed E-state index contributed by atoms with van der Waals surface area (Å²) in [6, 6.07) is 0. The Bertz CT molecular complexity index is 173. The van der Waals surface area contributed by atoms with Crippen LogP contribution in [0.3, 0.4) is 0 Å². The first-order valence-corrected chi connectivity index (χ1v) is 4.07. The normalized spacial score (nSPS) is 17.6. The monoisotopic (exact) mass is 149 g/mol. The van der Waals surface area contributed by atoms with E-state index in [1.54, 1.807) is 6.08 Å². The van der Waals surface area contributed by atoms with Crippen molar-refractivity contribution < 1.29 is 0 Å². The van der Waals surface area contributed by atoms with Gasteiger partial charge in [0.15, 0.2) is 0 Å². The van der Waals surface area contributed by atoms with Crippen LogP contribution in [0.5, 0.6) is 0 Å². The Labute approximate surface area is 68.7 Å². The molecule has 1 saturated heterocycles. The molecule has 11 heavy (non-hydrogen) atoms. The summed E-state index contributed by atoms with van der Waals surface area (Å²) in [4.78, 5) is 2.31. The fraction of sp³-hybridized carbons (Fsp3) is 0.400. The van der Waals surface area contributed by atoms with E-state index in [0.717, 1.165) is 5.70 Å². The first-order valence-electron chi connectivity index (χ1n) is 4.07. The van der Waals surface area contributed by atoms with Crippen molar-refractivity contribution >= 4 is 0 Å². The molecule has 1 fully saturated rings. The Hall–Kier alpha value is -0.980. The van der Waals surface area contributed by atoms with Crippen LogP contribution >= 0.6 is 0 Å². The van der Waals surface area contributed by atoms with E-state index in [1.165, 1.54) is 25.9 Å². The molecule has 0 aromatic heterocycles. The molecule has 0 aromatic carbocycles. The van der Waals surface area contributed by atoms with Crippen molar-refractivity contribution in [2.45, 2.75) is 12.8 Å². The van der Waals surface area contributed by atoms with Crippen LogP contribution in [0.2, 0.25) is 0 Å². The number of rotatable bonds is 3. The lowest BCUT2D eigenvalue weighted by atomic mass is 10.3. The van der Waals surface area contributed by atoms with E-state index in [0.29, 0.717) is 0 Å². The van der Waals surface area contributed by atoms with Gasteiger partial charge in [-0.05, 0) is 18.9 Å². The number of allylic oxidation sites excluding steroid dienone is 3. The SMILES string of the molecule is C=C/C=C\C(=C)N1CCCC1. The molecule has 1 nitrogen and oxygen atoms in total. The van der Waals surface area contributed by atoms with Crippen LogP contribution in [0, 0.1) is 0 Å². The molecule has 0 bridgehead atoms. The highest BCUT2D eigenvalue weighted by Gasteiger charge is 2.10. The van der Waals surface area contributed by atoms with Crippen molar-refractivity contribution in [3.05, 3.63) is 37.1 Å². The zero-order chi connectivity index (χ0) is 8.10. The summed E-state index contributed by atoms with van der Waals surface area (Å²) in [5.74, 6) is 0. The van der Waals surface area contributed by atoms with Crippen LogP contribution in [0.25, 0.3) is 0 Å². The Morgan fingerprint density at radius 3 is 2.45 bits per heavy atom. The summed E-state index contributed by atoms with van der Waals surface area (Å²) in [7, 11) is 0. The molecule has 0 unspecified atom stereocenters. The van der Waals surface area contributed by atoms with Crippen LogP contribution in [-0.4, -0.2) is 18.0 Å². The minimum absolute atomic E-state index is 1.11. The maximum Gasteiger partial charge on any atom is 0.0293 e. The third kappa shape index (κ3) is 2.26. The van der Waals surface area contributed by atoms with E-state index in [2.05, 4.69) is 18.1 Å². The van der Waals surface area contributed by atoms with Crippen LogP contribution in [0.15, 0.2) is 37.1 Å². The highest BCUT2D eigenvalue weighted by atomic mass is 15.1. The fourth-order valence-electron chi connectivity index (χ4n) is 1.29. The van der Waals surface area contributed by atoms with Crippen LogP contribution < -0.4 is 0 Å². The van der Waals surface area contributed by atoms with Crippen molar-refractivity contribution in [3.63, 3.8) is 0 Å². The van der Waals surface area contributed by atoms with Crippen molar-refractivity contribution in [2.24, 2.45) is 0 Å². The molecule has 0 N–H and O–H groups in total. The zero-order valence-electron chi connectivity index (χ0n) is 6.92. The summed E-state index contributed by atoms with van der Waals surface area (Å²) in [6.07, 6.45) is 8.34. The smallest absolute Gasteiger partial charge is 0.0293 e. The summed E-state index contributed by atoms with van der Waals surface area (Å²) in [6.45, 7) is 9.91. The van der Waals surface area contributed by atoms with Crippen LogP contribution in [-0.2, 0) is 0 Å². The van der Waals surface area contributed by atoms with Crippen molar-refractivity contribution in [3.8, 4) is 0 Å². The van der Waals surface area contributed by atoms with Gasteiger partial charge in [-0.15, -0.1) is 0 Å². The Morgan fingerprint density at radius 2 is 1.91 bits per heavy atom. The van der Waals surface area contributed by atoms with Gasteiger partial charge in [-0.3, -0.25) is 0 Å². The molecule has 60 valence electrons. The topological polar surface area (TPSA) is 3.24 Å². The minimum Gasteiger partial charge on any atom is -0.372 e. The van der Waals surface area contributed by atoms with Crippen LogP contribution in [0.1, 0.15) is 12.8 Å². The molecule has 0 saturated carbocycles. The average Bonchev–Trinajstić information content (AvgIpc) is 2.52. The van der Waals surface area contributed by atoms with Gasteiger partial charge in [0.2, 0.25) is 0 Å². The number of nitrogens with zero attached hydrogens (tertiary/aromatic N) is 1. The highest BCUT2D eigenvalue weighted by molar-refractivity contribution is 5.17. The number of hydrogen-bond donors (Lipinski definition) is 0. The molecule has 1 aliphatic heterocycles. The predicted octanol–water partition coefficient (Wildman–Crippen LogP) is 2.34. The lowest BCUT2D eigenvalue weighted by molar-refractivity contribution is 0.442. The van der Waals surface area contributed by atoms with E-state index in [4.69, 9.17) is 0 Å². The molecule has 0 radical (unpaired) electrons. The Kier molecular flexibility index (Phi) is 2.96. The molecular formula is C10H15N. The largest absolute Gasteiger partial charge is 0.372 e. The standard InChI is InChI=1S/C10H15N/c1-3-4-7-10(2)11-8-5-6-9-11/h3-4,7H,1-2,5-6,8-9H2/b7-4-. The molecule has 0 aliphatic carbocycles. The second-order valence-electron chi connectivity index (χ2n) is 2.78. The molecule has 0 spiro atoms. The fourth-order valence-corrected chi connectivity index (χ4v) is 1.29. The molecule has 0 amide bonds. The second-order valence-corrected chi connectivity index (χ2v) is 2.78. The maximum absolute atomic E-state index is 3.97. The predicted molar refractivity (Wildman–Crippen MR) is 49.3 cm³/mol. The summed E-state index contributed by atoms with van der Waals surface area (Å²) in [5, 5.41) is 0. The van der Waals surface area contributed by atoms with E-state index in [9.17, 15) is 0 Å². The Morgan fingerprint density at radius 1 is 1.27 bits per heavy atom. The molecule has 0 atom stereocenters. The Balaban J connectivity index is 2.40. The van der Waals surface area contributed by atoms with E-state index < -0.39 is 0 Å².